The first-order valence-electron chi connectivity index (χ1n) is 8.01. The van der Waals surface area contributed by atoms with E-state index in [1.807, 2.05) is 30.3 Å². The molecule has 1 aliphatic rings. The molecule has 120 valence electrons. The Bertz CT molecular complexity index is 746. The number of carbonyl (C=O) groups is 1. The Kier molecular flexibility index (Phi) is 3.88. The van der Waals surface area contributed by atoms with Crippen LogP contribution < -0.4 is 4.74 Å². The van der Waals surface area contributed by atoms with E-state index in [1.165, 1.54) is 12.5 Å². The van der Waals surface area contributed by atoms with Crippen LogP contribution in [0.1, 0.15) is 56.9 Å². The van der Waals surface area contributed by atoms with Crippen molar-refractivity contribution in [1.82, 2.24) is 0 Å². The fourth-order valence-corrected chi connectivity index (χ4v) is 2.84. The van der Waals surface area contributed by atoms with Gasteiger partial charge < -0.3 is 9.47 Å². The van der Waals surface area contributed by atoms with Crippen LogP contribution in [0.15, 0.2) is 42.5 Å². The monoisotopic (exact) mass is 310 g/mol. The van der Waals surface area contributed by atoms with Gasteiger partial charge in [0.15, 0.2) is 6.10 Å². The smallest absolute Gasteiger partial charge is 0.303 e. The van der Waals surface area contributed by atoms with Crippen molar-refractivity contribution in [3.63, 3.8) is 0 Å². The molecule has 3 heteroatoms. The molecule has 1 atom stereocenters. The number of carbonyl (C=O) groups excluding carboxylic acids is 1. The fourth-order valence-electron chi connectivity index (χ4n) is 2.84. The van der Waals surface area contributed by atoms with E-state index in [0.29, 0.717) is 0 Å². The summed E-state index contributed by atoms with van der Waals surface area (Å²) in [4.78, 5) is 11.6. The number of esters is 1. The van der Waals surface area contributed by atoms with Gasteiger partial charge in [-0.25, -0.2) is 0 Å². The standard InChI is InChI=1S/C20H22O3/c1-5-20(3,4)14-10-11-18-16(12-14)19(22-13(2)21)15-8-6-7-9-17(15)23-18/h6-12,19H,5H2,1-4H3. The second-order valence-electron chi connectivity index (χ2n) is 6.62. The molecule has 3 nitrogen and oxygen atoms in total. The highest BCUT2D eigenvalue weighted by Gasteiger charge is 2.31. The first-order valence-corrected chi connectivity index (χ1v) is 8.01. The number of hydrogen-bond donors (Lipinski definition) is 0. The van der Waals surface area contributed by atoms with E-state index in [0.717, 1.165) is 29.0 Å². The average molecular weight is 310 g/mol. The lowest BCUT2D eigenvalue weighted by atomic mass is 9.80. The zero-order valence-electron chi connectivity index (χ0n) is 14.1. The van der Waals surface area contributed by atoms with Crippen LogP contribution in [0.5, 0.6) is 11.5 Å². The first kappa shape index (κ1) is 15.6. The van der Waals surface area contributed by atoms with Gasteiger partial charge in [0, 0.05) is 18.1 Å². The molecule has 0 saturated heterocycles. The maximum Gasteiger partial charge on any atom is 0.303 e. The van der Waals surface area contributed by atoms with Crippen LogP contribution in [-0.4, -0.2) is 5.97 Å². The Balaban J connectivity index is 2.13. The Hall–Kier alpha value is -2.29. The Morgan fingerprint density at radius 1 is 1.13 bits per heavy atom. The van der Waals surface area contributed by atoms with Crippen LogP contribution in [0.2, 0.25) is 0 Å². The summed E-state index contributed by atoms with van der Waals surface area (Å²) >= 11 is 0. The predicted octanol–water partition coefficient (Wildman–Crippen LogP) is 5.13. The van der Waals surface area contributed by atoms with Crippen molar-refractivity contribution in [3.05, 3.63) is 59.2 Å². The van der Waals surface area contributed by atoms with Gasteiger partial charge in [-0.15, -0.1) is 0 Å². The molecule has 0 radical (unpaired) electrons. The van der Waals surface area contributed by atoms with Crippen LogP contribution in [0.4, 0.5) is 0 Å². The summed E-state index contributed by atoms with van der Waals surface area (Å²) < 4.78 is 11.6. The highest BCUT2D eigenvalue weighted by molar-refractivity contribution is 5.68. The average Bonchev–Trinajstić information content (AvgIpc) is 2.53. The quantitative estimate of drug-likeness (QED) is 0.737. The van der Waals surface area contributed by atoms with Crippen molar-refractivity contribution in [2.75, 3.05) is 0 Å². The number of rotatable bonds is 3. The molecule has 1 aliphatic heterocycles. The van der Waals surface area contributed by atoms with E-state index < -0.39 is 6.10 Å². The number of para-hydroxylation sites is 1. The molecule has 0 N–H and O–H groups in total. The van der Waals surface area contributed by atoms with Crippen LogP contribution in [-0.2, 0) is 14.9 Å². The predicted molar refractivity (Wildman–Crippen MR) is 89.9 cm³/mol. The van der Waals surface area contributed by atoms with Crippen LogP contribution >= 0.6 is 0 Å². The molecule has 0 saturated carbocycles. The summed E-state index contributed by atoms with van der Waals surface area (Å²) in [5.74, 6) is 1.21. The molecule has 0 bridgehead atoms. The van der Waals surface area contributed by atoms with Gasteiger partial charge in [0.1, 0.15) is 11.5 Å². The maximum atomic E-state index is 11.6. The molecule has 1 unspecified atom stereocenters. The minimum Gasteiger partial charge on any atom is -0.456 e. The third kappa shape index (κ3) is 2.83. The summed E-state index contributed by atoms with van der Waals surface area (Å²) in [6, 6.07) is 13.9. The van der Waals surface area contributed by atoms with Gasteiger partial charge in [0.25, 0.3) is 0 Å². The highest BCUT2D eigenvalue weighted by Crippen LogP contribution is 2.46. The van der Waals surface area contributed by atoms with Crippen molar-refractivity contribution in [3.8, 4) is 11.5 Å². The Labute approximate surface area is 137 Å². The van der Waals surface area contributed by atoms with Gasteiger partial charge in [0.2, 0.25) is 0 Å². The van der Waals surface area contributed by atoms with Crippen molar-refractivity contribution in [2.24, 2.45) is 0 Å². The number of hydrogen-bond acceptors (Lipinski definition) is 3. The molecular weight excluding hydrogens is 288 g/mol. The largest absolute Gasteiger partial charge is 0.456 e. The van der Waals surface area contributed by atoms with E-state index in [1.54, 1.807) is 0 Å². The Morgan fingerprint density at radius 3 is 2.52 bits per heavy atom. The van der Waals surface area contributed by atoms with Crippen molar-refractivity contribution in [1.29, 1.82) is 0 Å². The zero-order chi connectivity index (χ0) is 16.6. The summed E-state index contributed by atoms with van der Waals surface area (Å²) in [6.45, 7) is 8.05. The van der Waals surface area contributed by atoms with Gasteiger partial charge >= 0.3 is 5.97 Å². The van der Waals surface area contributed by atoms with E-state index in [-0.39, 0.29) is 11.4 Å². The zero-order valence-corrected chi connectivity index (χ0v) is 14.1. The van der Waals surface area contributed by atoms with E-state index in [2.05, 4.69) is 32.9 Å². The van der Waals surface area contributed by atoms with Gasteiger partial charge in [-0.1, -0.05) is 45.0 Å². The lowest BCUT2D eigenvalue weighted by Gasteiger charge is -2.30. The lowest BCUT2D eigenvalue weighted by Crippen LogP contribution is -2.19. The molecule has 0 fully saturated rings. The van der Waals surface area contributed by atoms with Crippen molar-refractivity contribution in [2.45, 2.75) is 45.6 Å². The number of benzene rings is 2. The maximum absolute atomic E-state index is 11.6. The first-order chi connectivity index (χ1) is 10.9. The molecule has 2 aromatic rings. The summed E-state index contributed by atoms with van der Waals surface area (Å²) in [5.41, 5.74) is 3.09. The van der Waals surface area contributed by atoms with E-state index in [9.17, 15) is 4.79 Å². The van der Waals surface area contributed by atoms with Gasteiger partial charge in [-0.3, -0.25) is 4.79 Å². The van der Waals surface area contributed by atoms with Gasteiger partial charge in [-0.2, -0.15) is 0 Å². The number of fused-ring (bicyclic) bond motifs is 2. The van der Waals surface area contributed by atoms with Gasteiger partial charge in [0.05, 0.1) is 0 Å². The topological polar surface area (TPSA) is 35.5 Å². The van der Waals surface area contributed by atoms with Crippen LogP contribution in [0, 0.1) is 0 Å². The van der Waals surface area contributed by atoms with Crippen molar-refractivity contribution < 1.29 is 14.3 Å². The second-order valence-corrected chi connectivity index (χ2v) is 6.62. The molecule has 1 heterocycles. The Morgan fingerprint density at radius 2 is 1.83 bits per heavy atom. The van der Waals surface area contributed by atoms with Gasteiger partial charge in [-0.05, 0) is 35.6 Å². The second kappa shape index (κ2) is 5.73. The minimum absolute atomic E-state index is 0.0623. The summed E-state index contributed by atoms with van der Waals surface area (Å²) in [7, 11) is 0. The molecule has 2 aromatic carbocycles. The van der Waals surface area contributed by atoms with Crippen LogP contribution in [0.3, 0.4) is 0 Å². The molecule has 0 amide bonds. The van der Waals surface area contributed by atoms with E-state index >= 15 is 0 Å². The fraction of sp³-hybridized carbons (Fsp3) is 0.350. The third-order valence-corrected chi connectivity index (χ3v) is 4.66. The minimum atomic E-state index is -0.417. The normalized spacial score (nSPS) is 16.1. The highest BCUT2D eigenvalue weighted by atomic mass is 16.5. The van der Waals surface area contributed by atoms with E-state index in [4.69, 9.17) is 9.47 Å². The SMILES string of the molecule is CCC(C)(C)c1ccc2c(c1)C(OC(C)=O)c1ccccc1O2. The molecular formula is C20H22O3. The summed E-state index contributed by atoms with van der Waals surface area (Å²) in [5, 5.41) is 0. The molecule has 23 heavy (non-hydrogen) atoms. The molecule has 0 spiro atoms. The molecule has 3 rings (SSSR count). The molecule has 0 aliphatic carbocycles. The molecule has 0 aromatic heterocycles. The summed E-state index contributed by atoms with van der Waals surface area (Å²) in [6.07, 6.45) is 0.613. The number of ether oxygens (including phenoxy) is 2. The van der Waals surface area contributed by atoms with Crippen molar-refractivity contribution >= 4 is 5.97 Å². The third-order valence-electron chi connectivity index (χ3n) is 4.66. The van der Waals surface area contributed by atoms with Crippen LogP contribution in [0.25, 0.3) is 0 Å². The lowest BCUT2D eigenvalue weighted by molar-refractivity contribution is -0.145.